The van der Waals surface area contributed by atoms with Crippen LogP contribution >= 0.6 is 0 Å². The highest BCUT2D eigenvalue weighted by Gasteiger charge is 2.11. The number of methoxy groups -OCH3 is 1. The highest BCUT2D eigenvalue weighted by molar-refractivity contribution is 5.92. The first-order valence-corrected chi connectivity index (χ1v) is 6.90. The van der Waals surface area contributed by atoms with E-state index in [0.29, 0.717) is 23.8 Å². The van der Waals surface area contributed by atoms with Gasteiger partial charge in [-0.25, -0.2) is 9.50 Å². The molecule has 0 aliphatic carbocycles. The second-order valence-electron chi connectivity index (χ2n) is 4.98. The first-order valence-electron chi connectivity index (χ1n) is 6.90. The van der Waals surface area contributed by atoms with Gasteiger partial charge in [-0.3, -0.25) is 4.79 Å². The molecule has 0 aliphatic heterocycles. The van der Waals surface area contributed by atoms with Crippen LogP contribution in [0.4, 0.5) is 0 Å². The van der Waals surface area contributed by atoms with Gasteiger partial charge >= 0.3 is 0 Å². The molecule has 22 heavy (non-hydrogen) atoms. The van der Waals surface area contributed by atoms with E-state index in [1.165, 1.54) is 4.52 Å². The van der Waals surface area contributed by atoms with E-state index in [9.17, 15) is 4.79 Å². The van der Waals surface area contributed by atoms with Gasteiger partial charge in [-0.05, 0) is 18.6 Å². The molecule has 6 nitrogen and oxygen atoms in total. The zero-order valence-corrected chi connectivity index (χ0v) is 12.4. The van der Waals surface area contributed by atoms with Gasteiger partial charge in [-0.15, -0.1) is 5.10 Å². The zero-order chi connectivity index (χ0) is 15.5. The molecule has 112 valence electrons. The summed E-state index contributed by atoms with van der Waals surface area (Å²) in [6, 6.07) is 11.5. The van der Waals surface area contributed by atoms with E-state index in [2.05, 4.69) is 15.4 Å². The number of fused-ring (bicyclic) bond motifs is 1. The third kappa shape index (κ3) is 2.90. The first kappa shape index (κ1) is 14.1. The van der Waals surface area contributed by atoms with Crippen LogP contribution in [0.15, 0.2) is 42.6 Å². The van der Waals surface area contributed by atoms with Crippen molar-refractivity contribution >= 4 is 11.6 Å². The summed E-state index contributed by atoms with van der Waals surface area (Å²) in [6.45, 7) is 2.48. The van der Waals surface area contributed by atoms with E-state index in [0.717, 1.165) is 11.1 Å². The number of nitrogens with one attached hydrogen (secondary N) is 1. The Balaban J connectivity index is 1.74. The van der Waals surface area contributed by atoms with E-state index >= 15 is 0 Å². The molecule has 0 fully saturated rings. The molecule has 0 saturated heterocycles. The topological polar surface area (TPSA) is 68.5 Å². The molecule has 0 atom stereocenters. The van der Waals surface area contributed by atoms with Crippen LogP contribution < -0.4 is 10.1 Å². The van der Waals surface area contributed by atoms with Crippen LogP contribution in [0.3, 0.4) is 0 Å². The minimum absolute atomic E-state index is 0.231. The molecule has 1 amide bonds. The average molecular weight is 296 g/mol. The van der Waals surface area contributed by atoms with Gasteiger partial charge in [0.05, 0.1) is 13.3 Å². The van der Waals surface area contributed by atoms with Gasteiger partial charge in [-0.2, -0.15) is 0 Å². The van der Waals surface area contributed by atoms with Crippen LogP contribution in [-0.2, 0) is 6.54 Å². The maximum Gasteiger partial charge on any atom is 0.271 e. The van der Waals surface area contributed by atoms with Crippen LogP contribution in [-0.4, -0.2) is 27.6 Å². The summed E-state index contributed by atoms with van der Waals surface area (Å²) in [5.74, 6) is 0.239. The molecule has 1 aromatic carbocycles. The number of aromatic nitrogens is 3. The van der Waals surface area contributed by atoms with Gasteiger partial charge in [0.2, 0.25) is 5.88 Å². The minimum atomic E-state index is -0.231. The number of imidazole rings is 1. The molecule has 0 aliphatic rings. The van der Waals surface area contributed by atoms with Gasteiger partial charge in [0.1, 0.15) is 5.69 Å². The number of ether oxygens (including phenoxy) is 1. The molecule has 3 rings (SSSR count). The fourth-order valence-electron chi connectivity index (χ4n) is 2.18. The molecule has 0 saturated carbocycles. The lowest BCUT2D eigenvalue weighted by atomic mass is 10.1. The van der Waals surface area contributed by atoms with Crippen molar-refractivity contribution in [2.24, 2.45) is 0 Å². The quantitative estimate of drug-likeness (QED) is 0.799. The molecule has 3 aromatic rings. The van der Waals surface area contributed by atoms with E-state index in [-0.39, 0.29) is 5.91 Å². The molecule has 2 aromatic heterocycles. The monoisotopic (exact) mass is 296 g/mol. The van der Waals surface area contributed by atoms with E-state index in [1.807, 2.05) is 31.2 Å². The fraction of sp³-hybridized carbons (Fsp3) is 0.188. The first-order chi connectivity index (χ1) is 10.7. The lowest BCUT2D eigenvalue weighted by Gasteiger charge is -2.04. The third-order valence-electron chi connectivity index (χ3n) is 3.27. The molecular formula is C16H16N4O2. The Morgan fingerprint density at radius 3 is 2.95 bits per heavy atom. The summed E-state index contributed by atoms with van der Waals surface area (Å²) >= 11 is 0. The van der Waals surface area contributed by atoms with Crippen LogP contribution in [0, 0.1) is 6.92 Å². The minimum Gasteiger partial charge on any atom is -0.480 e. The van der Waals surface area contributed by atoms with Crippen LogP contribution in [0.5, 0.6) is 5.88 Å². The number of amides is 1. The van der Waals surface area contributed by atoms with Crippen molar-refractivity contribution < 1.29 is 9.53 Å². The molecule has 6 heteroatoms. The normalized spacial score (nSPS) is 10.6. The van der Waals surface area contributed by atoms with E-state index in [1.54, 1.807) is 25.4 Å². The van der Waals surface area contributed by atoms with E-state index in [4.69, 9.17) is 4.74 Å². The van der Waals surface area contributed by atoms with Gasteiger partial charge in [0, 0.05) is 12.6 Å². The largest absolute Gasteiger partial charge is 0.480 e. The Hall–Kier alpha value is -2.89. The smallest absolute Gasteiger partial charge is 0.271 e. The lowest BCUT2D eigenvalue weighted by Crippen LogP contribution is -2.23. The van der Waals surface area contributed by atoms with Gasteiger partial charge < -0.3 is 10.1 Å². The maximum absolute atomic E-state index is 12.2. The van der Waals surface area contributed by atoms with Gasteiger partial charge in [-0.1, -0.05) is 29.8 Å². The van der Waals surface area contributed by atoms with Crippen LogP contribution in [0.25, 0.3) is 5.65 Å². The molecule has 0 unspecified atom stereocenters. The number of nitrogens with zero attached hydrogens (tertiary/aromatic N) is 3. The summed E-state index contributed by atoms with van der Waals surface area (Å²) in [5, 5.41) is 7.04. The van der Waals surface area contributed by atoms with Crippen molar-refractivity contribution in [1.29, 1.82) is 0 Å². The number of hydrogen-bond acceptors (Lipinski definition) is 4. The highest BCUT2D eigenvalue weighted by atomic mass is 16.5. The van der Waals surface area contributed by atoms with Crippen LogP contribution in [0.1, 0.15) is 21.6 Å². The number of hydrogen-bond donors (Lipinski definition) is 1. The number of benzene rings is 1. The number of rotatable bonds is 4. The Labute approximate surface area is 127 Å². The summed E-state index contributed by atoms with van der Waals surface area (Å²) < 4.78 is 6.58. The molecular weight excluding hydrogens is 280 g/mol. The highest BCUT2D eigenvalue weighted by Crippen LogP contribution is 2.09. The Morgan fingerprint density at radius 2 is 2.18 bits per heavy atom. The van der Waals surface area contributed by atoms with Crippen molar-refractivity contribution in [3.8, 4) is 5.88 Å². The average Bonchev–Trinajstić information content (AvgIpc) is 2.95. The summed E-state index contributed by atoms with van der Waals surface area (Å²) in [4.78, 5) is 16.4. The summed E-state index contributed by atoms with van der Waals surface area (Å²) in [6.07, 6.45) is 1.59. The van der Waals surface area contributed by atoms with Crippen molar-refractivity contribution in [2.75, 3.05) is 7.11 Å². The number of carbonyl (C=O) groups is 1. The zero-order valence-electron chi connectivity index (χ0n) is 12.4. The fourth-order valence-corrected chi connectivity index (χ4v) is 2.18. The SMILES string of the molecule is COc1ccc2nc(C(=O)NCc3cccc(C)c3)cn2n1. The Morgan fingerprint density at radius 1 is 1.32 bits per heavy atom. The van der Waals surface area contributed by atoms with Crippen LogP contribution in [0.2, 0.25) is 0 Å². The molecule has 1 N–H and O–H groups in total. The third-order valence-corrected chi connectivity index (χ3v) is 3.27. The second-order valence-corrected chi connectivity index (χ2v) is 4.98. The Bertz CT molecular complexity index is 826. The summed E-state index contributed by atoms with van der Waals surface area (Å²) in [5.41, 5.74) is 3.14. The Kier molecular flexibility index (Phi) is 3.74. The standard InChI is InChI=1S/C16H16N4O2/c1-11-4-3-5-12(8-11)9-17-16(21)13-10-20-14(18-13)6-7-15(19-20)22-2/h3-8,10H,9H2,1-2H3,(H,17,21). The lowest BCUT2D eigenvalue weighted by molar-refractivity contribution is 0.0946. The van der Waals surface area contributed by atoms with Gasteiger partial charge in [0.15, 0.2) is 5.65 Å². The van der Waals surface area contributed by atoms with Crippen molar-refractivity contribution in [1.82, 2.24) is 19.9 Å². The molecule has 0 spiro atoms. The van der Waals surface area contributed by atoms with E-state index < -0.39 is 0 Å². The second kappa shape index (κ2) is 5.85. The molecule has 2 heterocycles. The number of aryl methyl sites for hydroxylation is 1. The van der Waals surface area contributed by atoms with Crippen molar-refractivity contribution in [3.63, 3.8) is 0 Å². The predicted molar refractivity (Wildman–Crippen MR) is 81.9 cm³/mol. The predicted octanol–water partition coefficient (Wildman–Crippen LogP) is 1.98. The molecule has 0 bridgehead atoms. The molecule has 0 radical (unpaired) electrons. The van der Waals surface area contributed by atoms with Gasteiger partial charge in [0.25, 0.3) is 5.91 Å². The maximum atomic E-state index is 12.2. The number of carbonyl (C=O) groups excluding carboxylic acids is 1. The summed E-state index contributed by atoms with van der Waals surface area (Å²) in [7, 11) is 1.54. The van der Waals surface area contributed by atoms with Crippen molar-refractivity contribution in [3.05, 3.63) is 59.4 Å². The van der Waals surface area contributed by atoms with Crippen molar-refractivity contribution in [2.45, 2.75) is 13.5 Å².